The highest BCUT2D eigenvalue weighted by atomic mass is 35.5. The van der Waals surface area contributed by atoms with E-state index in [2.05, 4.69) is 16.7 Å². The molecule has 0 unspecified atom stereocenters. The molecule has 0 atom stereocenters. The van der Waals surface area contributed by atoms with Crippen molar-refractivity contribution in [1.82, 2.24) is 4.90 Å². The Bertz CT molecular complexity index is 339. The molecule has 3 nitrogen and oxygen atoms in total. The molecule has 88 valence electrons. The van der Waals surface area contributed by atoms with E-state index in [4.69, 9.17) is 17.3 Å². The van der Waals surface area contributed by atoms with E-state index in [0.29, 0.717) is 0 Å². The van der Waals surface area contributed by atoms with Crippen molar-refractivity contribution >= 4 is 23.0 Å². The Kier molecular flexibility index (Phi) is 3.56. The number of para-hydroxylation sites is 1. The molecule has 0 saturated carbocycles. The van der Waals surface area contributed by atoms with Crippen molar-refractivity contribution in [3.63, 3.8) is 0 Å². The molecule has 1 saturated heterocycles. The molecule has 0 amide bonds. The smallest absolute Gasteiger partial charge is 0.0790 e. The zero-order valence-electron chi connectivity index (χ0n) is 9.62. The number of halogens is 1. The molecule has 0 spiro atoms. The molecular formula is C12H18ClN3. The maximum absolute atomic E-state index is 6.20. The van der Waals surface area contributed by atoms with E-state index in [0.717, 1.165) is 49.1 Å². The van der Waals surface area contributed by atoms with Gasteiger partial charge >= 0.3 is 0 Å². The van der Waals surface area contributed by atoms with Crippen LogP contribution in [0.2, 0.25) is 5.02 Å². The Balaban J connectivity index is 2.14. The lowest BCUT2D eigenvalue weighted by Crippen LogP contribution is -2.46. The van der Waals surface area contributed by atoms with E-state index in [9.17, 15) is 0 Å². The summed E-state index contributed by atoms with van der Waals surface area (Å²) >= 11 is 6.20. The number of nitrogens with zero attached hydrogens (tertiary/aromatic N) is 2. The van der Waals surface area contributed by atoms with Crippen molar-refractivity contribution < 1.29 is 0 Å². The van der Waals surface area contributed by atoms with Crippen LogP contribution in [-0.4, -0.2) is 37.6 Å². The summed E-state index contributed by atoms with van der Waals surface area (Å²) in [6, 6.07) is 5.70. The van der Waals surface area contributed by atoms with Gasteiger partial charge in [-0.3, -0.25) is 0 Å². The molecule has 0 radical (unpaired) electrons. The molecule has 1 aromatic carbocycles. The minimum absolute atomic E-state index is 0.755. The second kappa shape index (κ2) is 4.93. The predicted octanol–water partition coefficient (Wildman–Crippen LogP) is 2.06. The number of rotatable bonds is 2. The normalized spacial score (nSPS) is 17.8. The minimum atomic E-state index is 0.755. The fourth-order valence-corrected chi connectivity index (χ4v) is 2.45. The number of anilines is 2. The van der Waals surface area contributed by atoms with Crippen LogP contribution in [-0.2, 0) is 0 Å². The summed E-state index contributed by atoms with van der Waals surface area (Å²) in [5, 5.41) is 0.755. The van der Waals surface area contributed by atoms with Crippen LogP contribution in [0.25, 0.3) is 0 Å². The molecule has 0 aromatic heterocycles. The first-order valence-electron chi connectivity index (χ1n) is 5.73. The number of benzene rings is 1. The van der Waals surface area contributed by atoms with Crippen LogP contribution in [0.3, 0.4) is 0 Å². The van der Waals surface area contributed by atoms with Crippen molar-refractivity contribution in [2.24, 2.45) is 0 Å². The Morgan fingerprint density at radius 1 is 1.25 bits per heavy atom. The quantitative estimate of drug-likeness (QED) is 0.802. The second-order valence-corrected chi connectivity index (χ2v) is 4.51. The summed E-state index contributed by atoms with van der Waals surface area (Å²) in [5.41, 5.74) is 7.76. The molecule has 1 aromatic rings. The first-order valence-corrected chi connectivity index (χ1v) is 6.11. The van der Waals surface area contributed by atoms with Crippen LogP contribution in [0, 0.1) is 0 Å². The van der Waals surface area contributed by atoms with Crippen LogP contribution in [0.1, 0.15) is 6.92 Å². The molecule has 2 N–H and O–H groups in total. The maximum atomic E-state index is 6.20. The van der Waals surface area contributed by atoms with Crippen molar-refractivity contribution in [1.29, 1.82) is 0 Å². The molecule has 1 fully saturated rings. The highest BCUT2D eigenvalue weighted by Crippen LogP contribution is 2.32. The number of nitrogens with two attached hydrogens (primary N) is 1. The Morgan fingerprint density at radius 2 is 1.94 bits per heavy atom. The van der Waals surface area contributed by atoms with Gasteiger partial charge in [0.25, 0.3) is 0 Å². The lowest BCUT2D eigenvalue weighted by atomic mass is 10.2. The van der Waals surface area contributed by atoms with E-state index in [1.807, 2.05) is 18.2 Å². The topological polar surface area (TPSA) is 32.5 Å². The van der Waals surface area contributed by atoms with Crippen LogP contribution in [0.4, 0.5) is 11.4 Å². The third-order valence-electron chi connectivity index (χ3n) is 3.15. The second-order valence-electron chi connectivity index (χ2n) is 4.10. The number of hydrogen-bond acceptors (Lipinski definition) is 3. The summed E-state index contributed by atoms with van der Waals surface area (Å²) in [5.74, 6) is 0. The molecule has 2 rings (SSSR count). The monoisotopic (exact) mass is 239 g/mol. The first kappa shape index (κ1) is 11.6. The minimum Gasteiger partial charge on any atom is -0.397 e. The molecule has 1 aliphatic rings. The van der Waals surface area contributed by atoms with Crippen LogP contribution >= 0.6 is 11.6 Å². The summed E-state index contributed by atoms with van der Waals surface area (Å²) in [6.07, 6.45) is 0. The standard InChI is InChI=1S/C12H18ClN3/c1-2-15-6-8-16(9-7-15)12-10(13)4-3-5-11(12)14/h3-5H,2,6-9,14H2,1H3. The average molecular weight is 240 g/mol. The summed E-state index contributed by atoms with van der Waals surface area (Å²) < 4.78 is 0. The first-order chi connectivity index (χ1) is 7.72. The Labute approximate surface area is 102 Å². The number of hydrogen-bond donors (Lipinski definition) is 1. The molecular weight excluding hydrogens is 222 g/mol. The number of piperazine rings is 1. The van der Waals surface area contributed by atoms with E-state index in [-0.39, 0.29) is 0 Å². The van der Waals surface area contributed by atoms with Gasteiger partial charge in [0, 0.05) is 26.2 Å². The lowest BCUT2D eigenvalue weighted by Gasteiger charge is -2.36. The Hall–Kier alpha value is -0.930. The maximum Gasteiger partial charge on any atom is 0.0790 e. The van der Waals surface area contributed by atoms with Gasteiger partial charge in [-0.25, -0.2) is 0 Å². The van der Waals surface area contributed by atoms with E-state index < -0.39 is 0 Å². The van der Waals surface area contributed by atoms with Gasteiger partial charge in [-0.15, -0.1) is 0 Å². The largest absolute Gasteiger partial charge is 0.397 e. The zero-order chi connectivity index (χ0) is 11.5. The molecule has 0 aliphatic carbocycles. The fraction of sp³-hybridized carbons (Fsp3) is 0.500. The molecule has 16 heavy (non-hydrogen) atoms. The van der Waals surface area contributed by atoms with Gasteiger partial charge in [-0.05, 0) is 18.7 Å². The van der Waals surface area contributed by atoms with Crippen molar-refractivity contribution in [2.75, 3.05) is 43.4 Å². The van der Waals surface area contributed by atoms with Gasteiger partial charge in [0.2, 0.25) is 0 Å². The van der Waals surface area contributed by atoms with Crippen molar-refractivity contribution in [3.8, 4) is 0 Å². The lowest BCUT2D eigenvalue weighted by molar-refractivity contribution is 0.271. The highest BCUT2D eigenvalue weighted by Gasteiger charge is 2.19. The van der Waals surface area contributed by atoms with Gasteiger partial charge < -0.3 is 15.5 Å². The van der Waals surface area contributed by atoms with E-state index in [1.54, 1.807) is 0 Å². The van der Waals surface area contributed by atoms with Crippen molar-refractivity contribution in [3.05, 3.63) is 23.2 Å². The van der Waals surface area contributed by atoms with Crippen LogP contribution in [0.5, 0.6) is 0 Å². The third-order valence-corrected chi connectivity index (χ3v) is 3.46. The molecule has 1 heterocycles. The fourth-order valence-electron chi connectivity index (χ4n) is 2.15. The molecule has 4 heteroatoms. The Morgan fingerprint density at radius 3 is 2.50 bits per heavy atom. The van der Waals surface area contributed by atoms with E-state index in [1.165, 1.54) is 0 Å². The molecule has 0 bridgehead atoms. The van der Waals surface area contributed by atoms with Gasteiger partial charge in [0.05, 0.1) is 16.4 Å². The molecule has 1 aliphatic heterocycles. The summed E-state index contributed by atoms with van der Waals surface area (Å²) in [4.78, 5) is 4.72. The highest BCUT2D eigenvalue weighted by molar-refractivity contribution is 6.34. The average Bonchev–Trinajstić information content (AvgIpc) is 2.30. The summed E-state index contributed by atoms with van der Waals surface area (Å²) in [6.45, 7) is 7.48. The summed E-state index contributed by atoms with van der Waals surface area (Å²) in [7, 11) is 0. The van der Waals surface area contributed by atoms with Crippen LogP contribution in [0.15, 0.2) is 18.2 Å². The third kappa shape index (κ3) is 2.25. The van der Waals surface area contributed by atoms with Gasteiger partial charge in [-0.1, -0.05) is 24.6 Å². The number of nitrogen functional groups attached to an aromatic ring is 1. The van der Waals surface area contributed by atoms with Gasteiger partial charge in [-0.2, -0.15) is 0 Å². The number of likely N-dealkylation sites (N-methyl/N-ethyl adjacent to an activating group) is 1. The van der Waals surface area contributed by atoms with Gasteiger partial charge in [0.1, 0.15) is 0 Å². The zero-order valence-corrected chi connectivity index (χ0v) is 10.4. The van der Waals surface area contributed by atoms with Crippen LogP contribution < -0.4 is 10.6 Å². The SMILES string of the molecule is CCN1CCN(c2c(N)cccc2Cl)CC1. The predicted molar refractivity (Wildman–Crippen MR) is 70.2 cm³/mol. The van der Waals surface area contributed by atoms with Crippen molar-refractivity contribution in [2.45, 2.75) is 6.92 Å². The van der Waals surface area contributed by atoms with E-state index >= 15 is 0 Å². The van der Waals surface area contributed by atoms with Gasteiger partial charge in [0.15, 0.2) is 0 Å².